The summed E-state index contributed by atoms with van der Waals surface area (Å²) in [7, 11) is 0. The fourth-order valence-corrected chi connectivity index (χ4v) is 4.02. The minimum absolute atomic E-state index is 0.0838. The minimum atomic E-state index is -0.0838. The molecule has 0 aromatic heterocycles. The highest BCUT2D eigenvalue weighted by Crippen LogP contribution is 2.43. The van der Waals surface area contributed by atoms with E-state index in [1.807, 2.05) is 6.07 Å². The Kier molecular flexibility index (Phi) is 3.88. The van der Waals surface area contributed by atoms with Gasteiger partial charge in [0.15, 0.2) is 0 Å². The molecule has 1 heterocycles. The number of likely N-dealkylation sites (tertiary alicyclic amines) is 1. The van der Waals surface area contributed by atoms with E-state index in [2.05, 4.69) is 11.0 Å². The smallest absolute Gasteiger partial charge is 0.123 e. The highest BCUT2D eigenvalue weighted by molar-refractivity contribution is 5.26. The van der Waals surface area contributed by atoms with Crippen molar-refractivity contribution < 1.29 is 4.39 Å². The van der Waals surface area contributed by atoms with Crippen molar-refractivity contribution in [2.75, 3.05) is 13.1 Å². The standard InChI is InChI=1S/C17H24FN/c18-16-9-7-8-15(14-16)17(10-3-1-4-11-17)19-12-5-2-6-13-19/h7-9,14H,1-6,10-13H2. The molecule has 1 aromatic carbocycles. The number of hydrogen-bond donors (Lipinski definition) is 0. The maximum atomic E-state index is 13.6. The molecule has 1 aliphatic carbocycles. The maximum absolute atomic E-state index is 13.6. The summed E-state index contributed by atoms with van der Waals surface area (Å²) in [6.45, 7) is 2.38. The molecule has 104 valence electrons. The molecule has 19 heavy (non-hydrogen) atoms. The second-order valence-electron chi connectivity index (χ2n) is 6.15. The van der Waals surface area contributed by atoms with Crippen molar-refractivity contribution in [3.63, 3.8) is 0 Å². The third kappa shape index (κ3) is 2.55. The van der Waals surface area contributed by atoms with Crippen molar-refractivity contribution in [3.05, 3.63) is 35.6 Å². The first kappa shape index (κ1) is 13.1. The molecule has 1 nitrogen and oxygen atoms in total. The Balaban J connectivity index is 1.95. The summed E-state index contributed by atoms with van der Waals surface area (Å²) in [5.74, 6) is -0.0838. The van der Waals surface area contributed by atoms with Gasteiger partial charge in [0.2, 0.25) is 0 Å². The van der Waals surface area contributed by atoms with Crippen molar-refractivity contribution in [2.24, 2.45) is 0 Å². The molecule has 0 bridgehead atoms. The molecule has 1 saturated carbocycles. The molecule has 2 fully saturated rings. The highest BCUT2D eigenvalue weighted by Gasteiger charge is 2.39. The quantitative estimate of drug-likeness (QED) is 0.759. The first-order valence-corrected chi connectivity index (χ1v) is 7.82. The zero-order valence-corrected chi connectivity index (χ0v) is 11.7. The molecular weight excluding hydrogens is 237 g/mol. The third-order valence-corrected chi connectivity index (χ3v) is 5.00. The molecule has 0 unspecified atom stereocenters. The van der Waals surface area contributed by atoms with Crippen LogP contribution in [0.15, 0.2) is 24.3 Å². The van der Waals surface area contributed by atoms with Gasteiger partial charge in [-0.3, -0.25) is 4.90 Å². The first-order chi connectivity index (χ1) is 9.31. The van der Waals surface area contributed by atoms with Gasteiger partial charge in [0.05, 0.1) is 0 Å². The first-order valence-electron chi connectivity index (χ1n) is 7.82. The van der Waals surface area contributed by atoms with E-state index < -0.39 is 0 Å². The maximum Gasteiger partial charge on any atom is 0.123 e. The van der Waals surface area contributed by atoms with E-state index in [0.717, 1.165) is 0 Å². The van der Waals surface area contributed by atoms with E-state index in [1.165, 1.54) is 70.0 Å². The molecule has 2 heteroatoms. The van der Waals surface area contributed by atoms with Crippen LogP contribution in [0.5, 0.6) is 0 Å². The van der Waals surface area contributed by atoms with E-state index in [9.17, 15) is 4.39 Å². The van der Waals surface area contributed by atoms with E-state index in [0.29, 0.717) is 0 Å². The summed E-state index contributed by atoms with van der Waals surface area (Å²) < 4.78 is 13.6. The van der Waals surface area contributed by atoms with Crippen molar-refractivity contribution in [1.82, 2.24) is 4.90 Å². The van der Waals surface area contributed by atoms with Gasteiger partial charge in [-0.05, 0) is 56.5 Å². The summed E-state index contributed by atoms with van der Waals surface area (Å²) >= 11 is 0. The van der Waals surface area contributed by atoms with Gasteiger partial charge < -0.3 is 0 Å². The van der Waals surface area contributed by atoms with Crippen LogP contribution >= 0.6 is 0 Å². The second kappa shape index (κ2) is 5.62. The van der Waals surface area contributed by atoms with Crippen molar-refractivity contribution in [2.45, 2.75) is 56.9 Å². The number of hydrogen-bond acceptors (Lipinski definition) is 1. The SMILES string of the molecule is Fc1cccc(C2(N3CCCCC3)CCCCC2)c1. The van der Waals surface area contributed by atoms with Crippen LogP contribution in [0.4, 0.5) is 4.39 Å². The number of benzene rings is 1. The normalized spacial score (nSPS) is 24.3. The van der Waals surface area contributed by atoms with Gasteiger partial charge in [0.25, 0.3) is 0 Å². The summed E-state index contributed by atoms with van der Waals surface area (Å²) in [4.78, 5) is 2.66. The fraction of sp³-hybridized carbons (Fsp3) is 0.647. The number of piperidine rings is 1. The van der Waals surface area contributed by atoms with Crippen LogP contribution in [0.25, 0.3) is 0 Å². The largest absolute Gasteiger partial charge is 0.294 e. The predicted molar refractivity (Wildman–Crippen MR) is 76.6 cm³/mol. The molecule has 3 rings (SSSR count). The van der Waals surface area contributed by atoms with Crippen LogP contribution in [0.3, 0.4) is 0 Å². The Bertz CT molecular complexity index is 417. The van der Waals surface area contributed by atoms with Gasteiger partial charge in [0.1, 0.15) is 5.82 Å². The van der Waals surface area contributed by atoms with Crippen molar-refractivity contribution in [1.29, 1.82) is 0 Å². The van der Waals surface area contributed by atoms with Crippen molar-refractivity contribution >= 4 is 0 Å². The third-order valence-electron chi connectivity index (χ3n) is 5.00. The summed E-state index contributed by atoms with van der Waals surface area (Å²) in [6, 6.07) is 7.37. The monoisotopic (exact) mass is 261 g/mol. The molecular formula is C17H24FN. The minimum Gasteiger partial charge on any atom is -0.294 e. The highest BCUT2D eigenvalue weighted by atomic mass is 19.1. The Morgan fingerprint density at radius 2 is 1.58 bits per heavy atom. The lowest BCUT2D eigenvalue weighted by molar-refractivity contribution is 0.0301. The molecule has 0 radical (unpaired) electrons. The van der Waals surface area contributed by atoms with E-state index >= 15 is 0 Å². The molecule has 0 amide bonds. The zero-order chi connectivity index (χ0) is 13.1. The van der Waals surface area contributed by atoms with Gasteiger partial charge in [-0.1, -0.05) is 37.8 Å². The van der Waals surface area contributed by atoms with Gasteiger partial charge in [0, 0.05) is 5.54 Å². The molecule has 0 N–H and O–H groups in total. The average molecular weight is 261 g/mol. The van der Waals surface area contributed by atoms with Crippen LogP contribution < -0.4 is 0 Å². The van der Waals surface area contributed by atoms with E-state index in [-0.39, 0.29) is 11.4 Å². The Morgan fingerprint density at radius 1 is 0.895 bits per heavy atom. The number of halogens is 1. The van der Waals surface area contributed by atoms with Crippen molar-refractivity contribution in [3.8, 4) is 0 Å². The molecule has 1 aromatic rings. The Labute approximate surface area is 115 Å². The Hall–Kier alpha value is -0.890. The molecule has 0 spiro atoms. The Morgan fingerprint density at radius 3 is 2.26 bits per heavy atom. The second-order valence-corrected chi connectivity index (χ2v) is 6.15. The molecule has 2 aliphatic rings. The van der Waals surface area contributed by atoms with Crippen LogP contribution in [0, 0.1) is 5.82 Å². The predicted octanol–water partition coefficient (Wildman–Crippen LogP) is 4.47. The molecule has 0 atom stereocenters. The topological polar surface area (TPSA) is 3.24 Å². The summed E-state index contributed by atoms with van der Waals surface area (Å²) in [5.41, 5.74) is 1.34. The fourth-order valence-electron chi connectivity index (χ4n) is 4.02. The average Bonchev–Trinajstić information content (AvgIpc) is 2.49. The molecule has 1 saturated heterocycles. The number of rotatable bonds is 2. The van der Waals surface area contributed by atoms with Gasteiger partial charge in [-0.15, -0.1) is 0 Å². The van der Waals surface area contributed by atoms with Gasteiger partial charge in [-0.25, -0.2) is 4.39 Å². The van der Waals surface area contributed by atoms with Gasteiger partial charge in [-0.2, -0.15) is 0 Å². The summed E-state index contributed by atoms with van der Waals surface area (Å²) in [5, 5.41) is 0. The number of nitrogens with zero attached hydrogens (tertiary/aromatic N) is 1. The van der Waals surface area contributed by atoms with Crippen LogP contribution in [-0.4, -0.2) is 18.0 Å². The zero-order valence-electron chi connectivity index (χ0n) is 11.7. The van der Waals surface area contributed by atoms with E-state index in [4.69, 9.17) is 0 Å². The van der Waals surface area contributed by atoms with Crippen LogP contribution in [0.2, 0.25) is 0 Å². The van der Waals surface area contributed by atoms with Crippen LogP contribution in [0.1, 0.15) is 56.9 Å². The van der Waals surface area contributed by atoms with Crippen LogP contribution in [-0.2, 0) is 5.54 Å². The lowest BCUT2D eigenvalue weighted by atomic mass is 9.74. The van der Waals surface area contributed by atoms with Gasteiger partial charge >= 0.3 is 0 Å². The lowest BCUT2D eigenvalue weighted by Gasteiger charge is -2.48. The summed E-state index contributed by atoms with van der Waals surface area (Å²) in [6.07, 6.45) is 10.3. The molecule has 1 aliphatic heterocycles. The lowest BCUT2D eigenvalue weighted by Crippen LogP contribution is -2.49. The van der Waals surface area contributed by atoms with E-state index in [1.54, 1.807) is 12.1 Å².